The fourth-order valence-corrected chi connectivity index (χ4v) is 4.80. The maximum Gasteiger partial charge on any atom is 0.248 e. The highest BCUT2D eigenvalue weighted by molar-refractivity contribution is 7.18. The zero-order valence-corrected chi connectivity index (χ0v) is 18.3. The normalized spacial score (nSPS) is 19.7. The van der Waals surface area contributed by atoms with Gasteiger partial charge in [0.15, 0.2) is 6.29 Å². The topological polar surface area (TPSA) is 61.7 Å². The number of aldehydes is 1. The summed E-state index contributed by atoms with van der Waals surface area (Å²) in [7, 11) is 1.00. The summed E-state index contributed by atoms with van der Waals surface area (Å²) in [5, 5.41) is 11.3. The van der Waals surface area contributed by atoms with Gasteiger partial charge in [-0.15, -0.1) is 11.3 Å². The molecule has 2 aliphatic rings. The Bertz CT molecular complexity index is 729. The summed E-state index contributed by atoms with van der Waals surface area (Å²) in [5.74, 6) is -1.83. The van der Waals surface area contributed by atoms with E-state index in [1.807, 2.05) is 19.2 Å². The Balaban J connectivity index is 0.00000145. The SMILES string of the molecule is CC/C=C/Nc1sc(C=O)c(C2CC2)c1C(C)=NCC1CCC(F)(F)CC1.CO. The van der Waals surface area contributed by atoms with Crippen LogP contribution in [0.2, 0.25) is 0 Å². The van der Waals surface area contributed by atoms with Crippen LogP contribution in [0.5, 0.6) is 0 Å². The fraction of sp³-hybridized carbons (Fsp3) is 0.636. The maximum atomic E-state index is 13.4. The van der Waals surface area contributed by atoms with Gasteiger partial charge in [-0.05, 0) is 62.6 Å². The largest absolute Gasteiger partial charge is 0.400 e. The van der Waals surface area contributed by atoms with E-state index in [1.165, 1.54) is 11.3 Å². The second-order valence-electron chi connectivity index (χ2n) is 7.66. The van der Waals surface area contributed by atoms with E-state index in [-0.39, 0.29) is 18.8 Å². The van der Waals surface area contributed by atoms with Crippen LogP contribution in [0, 0.1) is 5.92 Å². The summed E-state index contributed by atoms with van der Waals surface area (Å²) in [5.41, 5.74) is 3.08. The Morgan fingerprint density at radius 2 is 1.93 bits per heavy atom. The third-order valence-electron chi connectivity index (χ3n) is 5.42. The van der Waals surface area contributed by atoms with Crippen molar-refractivity contribution in [2.45, 2.75) is 70.6 Å². The van der Waals surface area contributed by atoms with Crippen molar-refractivity contribution in [1.82, 2.24) is 0 Å². The molecular weight excluding hydrogens is 394 g/mol. The second kappa shape index (κ2) is 11.0. The molecule has 0 spiro atoms. The summed E-state index contributed by atoms with van der Waals surface area (Å²) in [6, 6.07) is 0. The molecule has 7 heteroatoms. The monoisotopic (exact) mass is 426 g/mol. The van der Waals surface area contributed by atoms with Gasteiger partial charge in [0, 0.05) is 37.8 Å². The van der Waals surface area contributed by atoms with Gasteiger partial charge in [-0.1, -0.05) is 13.0 Å². The molecule has 0 aromatic carbocycles. The molecule has 0 atom stereocenters. The summed E-state index contributed by atoms with van der Waals surface area (Å²) in [4.78, 5) is 17.2. The van der Waals surface area contributed by atoms with E-state index < -0.39 is 5.92 Å². The van der Waals surface area contributed by atoms with E-state index in [2.05, 4.69) is 12.2 Å². The van der Waals surface area contributed by atoms with E-state index in [0.717, 1.165) is 59.4 Å². The highest BCUT2D eigenvalue weighted by atomic mass is 32.1. The molecule has 3 rings (SSSR count). The molecule has 2 aliphatic carbocycles. The maximum absolute atomic E-state index is 13.4. The Hall–Kier alpha value is -1.60. The number of aliphatic hydroxyl groups excluding tert-OH is 1. The molecule has 0 aliphatic heterocycles. The van der Waals surface area contributed by atoms with Crippen LogP contribution in [0.15, 0.2) is 17.3 Å². The molecule has 0 bridgehead atoms. The number of hydrogen-bond donors (Lipinski definition) is 2. The van der Waals surface area contributed by atoms with Crippen LogP contribution in [0.25, 0.3) is 0 Å². The van der Waals surface area contributed by atoms with Crippen molar-refractivity contribution >= 4 is 28.3 Å². The lowest BCUT2D eigenvalue weighted by Gasteiger charge is -2.27. The molecule has 29 heavy (non-hydrogen) atoms. The van der Waals surface area contributed by atoms with Crippen LogP contribution in [0.1, 0.15) is 85.5 Å². The molecular formula is C22H32F2N2O2S. The first-order chi connectivity index (χ1) is 13.9. The van der Waals surface area contributed by atoms with Gasteiger partial charge in [0.25, 0.3) is 0 Å². The second-order valence-corrected chi connectivity index (χ2v) is 8.71. The third kappa shape index (κ3) is 6.44. The number of nitrogens with one attached hydrogen (secondary N) is 1. The molecule has 1 aromatic heterocycles. The molecule has 0 amide bonds. The Morgan fingerprint density at radius 1 is 1.28 bits per heavy atom. The minimum absolute atomic E-state index is 0.0259. The number of carbonyl (C=O) groups excluding carboxylic acids is 1. The smallest absolute Gasteiger partial charge is 0.248 e. The zero-order valence-electron chi connectivity index (χ0n) is 17.5. The first-order valence-electron chi connectivity index (χ1n) is 10.3. The number of halogens is 2. The number of nitrogens with zero attached hydrogens (tertiary/aromatic N) is 1. The van der Waals surface area contributed by atoms with Crippen molar-refractivity contribution in [1.29, 1.82) is 0 Å². The van der Waals surface area contributed by atoms with Crippen molar-refractivity contribution in [3.05, 3.63) is 28.3 Å². The van der Waals surface area contributed by atoms with Gasteiger partial charge >= 0.3 is 0 Å². The van der Waals surface area contributed by atoms with Gasteiger partial charge in [0.1, 0.15) is 5.00 Å². The van der Waals surface area contributed by atoms with Crippen molar-refractivity contribution in [3.63, 3.8) is 0 Å². The molecule has 2 saturated carbocycles. The molecule has 162 valence electrons. The first-order valence-corrected chi connectivity index (χ1v) is 11.1. The molecule has 1 aromatic rings. The van der Waals surface area contributed by atoms with E-state index in [0.29, 0.717) is 25.3 Å². The minimum atomic E-state index is -2.50. The number of alkyl halides is 2. The van der Waals surface area contributed by atoms with Crippen LogP contribution in [0.3, 0.4) is 0 Å². The summed E-state index contributed by atoms with van der Waals surface area (Å²) < 4.78 is 26.7. The number of aliphatic hydroxyl groups is 1. The zero-order chi connectivity index (χ0) is 21.4. The number of thiophene rings is 1. The third-order valence-corrected chi connectivity index (χ3v) is 6.48. The molecule has 0 unspecified atom stereocenters. The number of anilines is 1. The molecule has 0 saturated heterocycles. The Morgan fingerprint density at radius 3 is 2.48 bits per heavy atom. The number of aliphatic imine (C=N–C) groups is 1. The van der Waals surface area contributed by atoms with Crippen LogP contribution in [-0.4, -0.2) is 36.7 Å². The molecule has 2 fully saturated rings. The average molecular weight is 427 g/mol. The predicted molar refractivity (Wildman–Crippen MR) is 117 cm³/mol. The predicted octanol–water partition coefficient (Wildman–Crippen LogP) is 6.02. The summed E-state index contributed by atoms with van der Waals surface area (Å²) in [6.45, 7) is 4.64. The highest BCUT2D eigenvalue weighted by Crippen LogP contribution is 2.48. The number of carbonyl (C=O) groups is 1. The summed E-state index contributed by atoms with van der Waals surface area (Å²) >= 11 is 1.48. The van der Waals surface area contributed by atoms with E-state index in [4.69, 9.17) is 10.1 Å². The van der Waals surface area contributed by atoms with Gasteiger partial charge in [-0.2, -0.15) is 0 Å². The standard InChI is InChI=1S/C21H28F2N2OS.CH4O/c1-3-4-11-24-20-18(19(16-5-6-16)17(13-26)27-20)14(2)25-12-15-7-9-21(22,23)10-8-15;1-2/h4,11,13,15-16,24H,3,5-10,12H2,1-2H3;2H,1H3/b11-4+,25-14?;. The van der Waals surface area contributed by atoms with Crippen LogP contribution < -0.4 is 5.32 Å². The van der Waals surface area contributed by atoms with Crippen molar-refractivity contribution < 1.29 is 18.7 Å². The lowest BCUT2D eigenvalue weighted by atomic mass is 9.87. The highest BCUT2D eigenvalue weighted by Gasteiger charge is 2.35. The minimum Gasteiger partial charge on any atom is -0.400 e. The Labute approximate surface area is 176 Å². The van der Waals surface area contributed by atoms with Gasteiger partial charge in [-0.25, -0.2) is 8.78 Å². The molecule has 4 nitrogen and oxygen atoms in total. The molecule has 2 N–H and O–H groups in total. The van der Waals surface area contributed by atoms with Crippen molar-refractivity contribution in [3.8, 4) is 0 Å². The van der Waals surface area contributed by atoms with Crippen molar-refractivity contribution in [2.24, 2.45) is 10.9 Å². The van der Waals surface area contributed by atoms with E-state index in [9.17, 15) is 13.6 Å². The van der Waals surface area contributed by atoms with Gasteiger partial charge < -0.3 is 10.4 Å². The van der Waals surface area contributed by atoms with E-state index in [1.54, 1.807) is 0 Å². The van der Waals surface area contributed by atoms with Gasteiger partial charge in [0.2, 0.25) is 5.92 Å². The summed E-state index contributed by atoms with van der Waals surface area (Å²) in [6.07, 6.45) is 9.08. The molecule has 1 heterocycles. The van der Waals surface area contributed by atoms with Crippen molar-refractivity contribution in [2.75, 3.05) is 19.0 Å². The molecule has 0 radical (unpaired) electrons. The fourth-order valence-electron chi connectivity index (χ4n) is 3.67. The Kier molecular flexibility index (Phi) is 8.96. The number of rotatable bonds is 8. The lowest BCUT2D eigenvalue weighted by Crippen LogP contribution is -2.26. The van der Waals surface area contributed by atoms with Crippen LogP contribution >= 0.6 is 11.3 Å². The lowest BCUT2D eigenvalue weighted by molar-refractivity contribution is -0.0446. The first kappa shape index (κ1) is 23.7. The average Bonchev–Trinajstić information content (AvgIpc) is 3.49. The van der Waals surface area contributed by atoms with E-state index >= 15 is 0 Å². The van der Waals surface area contributed by atoms with Gasteiger partial charge in [-0.3, -0.25) is 9.79 Å². The quantitative estimate of drug-likeness (QED) is 0.395. The van der Waals surface area contributed by atoms with Crippen LogP contribution in [0.4, 0.5) is 13.8 Å². The van der Waals surface area contributed by atoms with Crippen LogP contribution in [-0.2, 0) is 0 Å². The van der Waals surface area contributed by atoms with Gasteiger partial charge in [0.05, 0.1) is 4.88 Å². The number of hydrogen-bond acceptors (Lipinski definition) is 5. The number of allylic oxidation sites excluding steroid dienone is 1.